The molecule has 128 valence electrons. The van der Waals surface area contributed by atoms with Gasteiger partial charge in [-0.3, -0.25) is 0 Å². The molecule has 2 amide bonds. The lowest BCUT2D eigenvalue weighted by atomic mass is 10.1. The molecule has 2 aromatic rings. The third-order valence-electron chi connectivity index (χ3n) is 4.76. The second kappa shape index (κ2) is 7.84. The minimum Gasteiger partial charge on any atom is -0.316 e. The van der Waals surface area contributed by atoms with Crippen LogP contribution in [-0.2, 0) is 13.0 Å². The maximum absolute atomic E-state index is 12.9. The third kappa shape index (κ3) is 4.18. The van der Waals surface area contributed by atoms with Crippen molar-refractivity contribution < 1.29 is 4.79 Å². The molecule has 1 aliphatic rings. The van der Waals surface area contributed by atoms with E-state index in [4.69, 9.17) is 0 Å². The van der Waals surface area contributed by atoms with Crippen molar-refractivity contribution in [2.75, 3.05) is 5.32 Å². The van der Waals surface area contributed by atoms with Gasteiger partial charge in [0.25, 0.3) is 0 Å². The molecule has 1 heterocycles. The van der Waals surface area contributed by atoms with Gasteiger partial charge >= 0.3 is 6.03 Å². The van der Waals surface area contributed by atoms with E-state index in [0.717, 1.165) is 24.9 Å². The number of urea groups is 1. The summed E-state index contributed by atoms with van der Waals surface area (Å²) in [7, 11) is 0. The average molecular weight is 343 g/mol. The molecule has 3 rings (SSSR count). The SMILES string of the molecule is CCc1ccc(NC(=O)N(Cc2ccc(C)s2)C2CCCC2)cc1. The lowest BCUT2D eigenvalue weighted by Gasteiger charge is -2.29. The van der Waals surface area contributed by atoms with Gasteiger partial charge in [-0.2, -0.15) is 0 Å². The summed E-state index contributed by atoms with van der Waals surface area (Å²) in [5, 5.41) is 3.09. The Bertz CT molecular complexity index is 671. The Kier molecular flexibility index (Phi) is 5.56. The second-order valence-corrected chi connectivity index (χ2v) is 7.93. The van der Waals surface area contributed by atoms with E-state index < -0.39 is 0 Å². The molecule has 0 atom stereocenters. The first-order valence-corrected chi connectivity index (χ1v) is 9.69. The molecule has 24 heavy (non-hydrogen) atoms. The highest BCUT2D eigenvalue weighted by atomic mass is 32.1. The van der Waals surface area contributed by atoms with Crippen molar-refractivity contribution in [1.82, 2.24) is 4.90 Å². The maximum Gasteiger partial charge on any atom is 0.322 e. The standard InChI is InChI=1S/C20H26N2OS/c1-3-16-9-11-17(12-10-16)21-20(23)22(18-6-4-5-7-18)14-19-13-8-15(2)24-19/h8-13,18H,3-7,14H2,1-2H3,(H,21,23). The highest BCUT2D eigenvalue weighted by Gasteiger charge is 2.27. The zero-order valence-corrected chi connectivity index (χ0v) is 15.4. The molecule has 0 radical (unpaired) electrons. The normalized spacial score (nSPS) is 14.8. The summed E-state index contributed by atoms with van der Waals surface area (Å²) in [6.07, 6.45) is 5.70. The lowest BCUT2D eigenvalue weighted by molar-refractivity contribution is 0.185. The molecule has 3 nitrogen and oxygen atoms in total. The van der Waals surface area contributed by atoms with Crippen LogP contribution in [0, 0.1) is 6.92 Å². The summed E-state index contributed by atoms with van der Waals surface area (Å²) < 4.78 is 0. The molecule has 1 N–H and O–H groups in total. The van der Waals surface area contributed by atoms with Crippen LogP contribution in [0.5, 0.6) is 0 Å². The fourth-order valence-electron chi connectivity index (χ4n) is 3.34. The van der Waals surface area contributed by atoms with Crippen LogP contribution in [0.2, 0.25) is 0 Å². The highest BCUT2D eigenvalue weighted by Crippen LogP contribution is 2.27. The number of carbonyl (C=O) groups excluding carboxylic acids is 1. The first kappa shape index (κ1) is 17.0. The molecule has 0 spiro atoms. The first-order chi connectivity index (χ1) is 11.7. The Morgan fingerprint density at radius 2 is 1.88 bits per heavy atom. The number of anilines is 1. The maximum atomic E-state index is 12.9. The van der Waals surface area contributed by atoms with Crippen molar-refractivity contribution in [3.05, 3.63) is 51.7 Å². The van der Waals surface area contributed by atoms with E-state index in [1.807, 2.05) is 17.0 Å². The van der Waals surface area contributed by atoms with Crippen LogP contribution in [0.3, 0.4) is 0 Å². The summed E-state index contributed by atoms with van der Waals surface area (Å²) in [6, 6.07) is 12.8. The van der Waals surface area contributed by atoms with Gasteiger partial charge in [0.2, 0.25) is 0 Å². The van der Waals surface area contributed by atoms with E-state index in [0.29, 0.717) is 12.6 Å². The van der Waals surface area contributed by atoms with Crippen molar-refractivity contribution in [2.24, 2.45) is 0 Å². The van der Waals surface area contributed by atoms with Crippen LogP contribution < -0.4 is 5.32 Å². The molecule has 0 aliphatic heterocycles. The Morgan fingerprint density at radius 1 is 1.17 bits per heavy atom. The van der Waals surface area contributed by atoms with E-state index in [2.05, 4.69) is 43.4 Å². The number of nitrogens with one attached hydrogen (secondary N) is 1. The quantitative estimate of drug-likeness (QED) is 0.754. The summed E-state index contributed by atoms with van der Waals surface area (Å²) in [5.41, 5.74) is 2.16. The zero-order chi connectivity index (χ0) is 16.9. The van der Waals surface area contributed by atoms with Gasteiger partial charge in [-0.05, 0) is 56.0 Å². The topological polar surface area (TPSA) is 32.3 Å². The molecule has 4 heteroatoms. The fraction of sp³-hybridized carbons (Fsp3) is 0.450. The van der Waals surface area contributed by atoms with Gasteiger partial charge < -0.3 is 10.2 Å². The van der Waals surface area contributed by atoms with Gasteiger partial charge in [-0.25, -0.2) is 4.79 Å². The molecule has 1 saturated carbocycles. The van der Waals surface area contributed by atoms with Gasteiger partial charge in [-0.15, -0.1) is 11.3 Å². The Labute approximate surface area is 148 Å². The van der Waals surface area contributed by atoms with Crippen LogP contribution in [0.1, 0.15) is 47.9 Å². The van der Waals surface area contributed by atoms with Gasteiger partial charge in [-0.1, -0.05) is 31.9 Å². The molecule has 1 aromatic heterocycles. The number of thiophene rings is 1. The molecule has 1 aromatic carbocycles. The largest absolute Gasteiger partial charge is 0.322 e. The van der Waals surface area contributed by atoms with E-state index >= 15 is 0 Å². The monoisotopic (exact) mass is 342 g/mol. The number of nitrogens with zero attached hydrogens (tertiary/aromatic N) is 1. The van der Waals surface area contributed by atoms with Gasteiger partial charge in [0.15, 0.2) is 0 Å². The number of rotatable bonds is 5. The third-order valence-corrected chi connectivity index (χ3v) is 5.75. The van der Waals surface area contributed by atoms with Gasteiger partial charge in [0, 0.05) is 21.5 Å². The van der Waals surface area contributed by atoms with Crippen molar-refractivity contribution in [2.45, 2.75) is 58.5 Å². The van der Waals surface area contributed by atoms with E-state index in [1.54, 1.807) is 11.3 Å². The molecule has 0 saturated heterocycles. The first-order valence-electron chi connectivity index (χ1n) is 8.87. The minimum absolute atomic E-state index is 0.0252. The second-order valence-electron chi connectivity index (χ2n) is 6.56. The Morgan fingerprint density at radius 3 is 2.46 bits per heavy atom. The Balaban J connectivity index is 1.72. The highest BCUT2D eigenvalue weighted by molar-refractivity contribution is 7.11. The van der Waals surface area contributed by atoms with E-state index in [-0.39, 0.29) is 6.03 Å². The molecule has 0 unspecified atom stereocenters. The predicted molar refractivity (Wildman–Crippen MR) is 102 cm³/mol. The minimum atomic E-state index is 0.0252. The number of benzene rings is 1. The number of aryl methyl sites for hydroxylation is 2. The van der Waals surface area contributed by atoms with Crippen LogP contribution >= 0.6 is 11.3 Å². The molecule has 1 aliphatic carbocycles. The van der Waals surface area contributed by atoms with Crippen molar-refractivity contribution >= 4 is 23.1 Å². The van der Waals surface area contributed by atoms with Crippen molar-refractivity contribution in [1.29, 1.82) is 0 Å². The smallest absolute Gasteiger partial charge is 0.316 e. The van der Waals surface area contributed by atoms with E-state index in [1.165, 1.54) is 28.2 Å². The summed E-state index contributed by atoms with van der Waals surface area (Å²) >= 11 is 1.78. The van der Waals surface area contributed by atoms with Gasteiger partial charge in [0.1, 0.15) is 0 Å². The number of hydrogen-bond donors (Lipinski definition) is 1. The fourth-order valence-corrected chi connectivity index (χ4v) is 4.23. The number of amides is 2. The summed E-state index contributed by atoms with van der Waals surface area (Å²) in [4.78, 5) is 17.5. The summed E-state index contributed by atoms with van der Waals surface area (Å²) in [6.45, 7) is 4.96. The number of hydrogen-bond acceptors (Lipinski definition) is 2. The zero-order valence-electron chi connectivity index (χ0n) is 14.5. The molecule has 0 bridgehead atoms. The summed E-state index contributed by atoms with van der Waals surface area (Å²) in [5.74, 6) is 0. The van der Waals surface area contributed by atoms with Crippen molar-refractivity contribution in [3.8, 4) is 0 Å². The van der Waals surface area contributed by atoms with Crippen LogP contribution in [-0.4, -0.2) is 17.0 Å². The molecular weight excluding hydrogens is 316 g/mol. The van der Waals surface area contributed by atoms with Crippen LogP contribution in [0.25, 0.3) is 0 Å². The predicted octanol–water partition coefficient (Wildman–Crippen LogP) is 5.60. The van der Waals surface area contributed by atoms with Crippen molar-refractivity contribution in [3.63, 3.8) is 0 Å². The van der Waals surface area contributed by atoms with Crippen LogP contribution in [0.4, 0.5) is 10.5 Å². The average Bonchev–Trinajstić information content (AvgIpc) is 3.25. The lowest BCUT2D eigenvalue weighted by Crippen LogP contribution is -2.40. The van der Waals surface area contributed by atoms with Gasteiger partial charge in [0.05, 0.1) is 6.54 Å². The molecule has 1 fully saturated rings. The van der Waals surface area contributed by atoms with Crippen LogP contribution in [0.15, 0.2) is 36.4 Å². The number of carbonyl (C=O) groups is 1. The van der Waals surface area contributed by atoms with E-state index in [9.17, 15) is 4.79 Å². The molecular formula is C20H26N2OS. The Hall–Kier alpha value is -1.81.